The Balaban J connectivity index is 1.31. The first-order valence-corrected chi connectivity index (χ1v) is 10.3. The van der Waals surface area contributed by atoms with Gasteiger partial charge in [0.25, 0.3) is 5.91 Å². The standard InChI is InChI=1S/C22H28N4O4/c1-29-21-19(8-15-12-30-13-15)24-14-25-20(21)22(28)23-9-18(27)11-26-7-6-16-4-2-3-5-17(16)10-26/h2-5,14-15,18,27H,6-13H2,1H3,(H,23,28)/t18-/m0/s1. The van der Waals surface area contributed by atoms with Gasteiger partial charge < -0.3 is 19.9 Å². The number of aliphatic hydroxyl groups excluding tert-OH is 1. The number of carbonyl (C=O) groups excluding carboxylic acids is 1. The Hall–Kier alpha value is -2.55. The third kappa shape index (κ3) is 4.77. The number of β-amino-alcohol motifs (C(OH)–C–C–N with tert-alkyl or cyclic N) is 1. The number of hydrogen-bond donors (Lipinski definition) is 2. The highest BCUT2D eigenvalue weighted by Gasteiger charge is 2.25. The highest BCUT2D eigenvalue weighted by Crippen LogP contribution is 2.25. The topological polar surface area (TPSA) is 96.8 Å². The summed E-state index contributed by atoms with van der Waals surface area (Å²) in [5.74, 6) is 0.411. The van der Waals surface area contributed by atoms with E-state index in [1.807, 2.05) is 6.07 Å². The van der Waals surface area contributed by atoms with Gasteiger partial charge in [-0.15, -0.1) is 0 Å². The molecule has 0 aliphatic carbocycles. The SMILES string of the molecule is COc1c(CC2COC2)ncnc1C(=O)NC[C@H](O)CN1CCc2ccccc2C1. The molecule has 160 valence electrons. The molecular formula is C22H28N4O4. The number of rotatable bonds is 8. The molecule has 2 aromatic rings. The molecule has 2 N–H and O–H groups in total. The van der Waals surface area contributed by atoms with Crippen LogP contribution >= 0.6 is 0 Å². The number of nitrogens with one attached hydrogen (secondary N) is 1. The van der Waals surface area contributed by atoms with Crippen molar-refractivity contribution in [2.24, 2.45) is 5.92 Å². The second kappa shape index (κ2) is 9.51. The quantitative estimate of drug-likeness (QED) is 0.663. The number of hydrogen-bond acceptors (Lipinski definition) is 7. The van der Waals surface area contributed by atoms with E-state index >= 15 is 0 Å². The molecule has 0 radical (unpaired) electrons. The molecule has 2 aliphatic rings. The van der Waals surface area contributed by atoms with Gasteiger partial charge in [0.1, 0.15) is 6.33 Å². The molecule has 1 saturated heterocycles. The summed E-state index contributed by atoms with van der Waals surface area (Å²) < 4.78 is 10.6. The normalized spacial score (nSPS) is 17.7. The maximum Gasteiger partial charge on any atom is 0.273 e. The second-order valence-corrected chi connectivity index (χ2v) is 7.93. The average Bonchev–Trinajstić information content (AvgIpc) is 2.74. The van der Waals surface area contributed by atoms with Crippen LogP contribution in [0, 0.1) is 5.92 Å². The molecule has 0 bridgehead atoms. The molecule has 8 heteroatoms. The molecule has 8 nitrogen and oxygen atoms in total. The molecular weight excluding hydrogens is 384 g/mol. The van der Waals surface area contributed by atoms with Crippen LogP contribution in [0.15, 0.2) is 30.6 Å². The van der Waals surface area contributed by atoms with Crippen LogP contribution in [0.1, 0.15) is 27.3 Å². The van der Waals surface area contributed by atoms with E-state index in [0.717, 1.165) is 19.5 Å². The first kappa shape index (κ1) is 20.7. The van der Waals surface area contributed by atoms with Gasteiger partial charge in [-0.1, -0.05) is 24.3 Å². The van der Waals surface area contributed by atoms with Crippen LogP contribution in [0.2, 0.25) is 0 Å². The molecule has 1 fully saturated rings. The van der Waals surface area contributed by atoms with Gasteiger partial charge in [0.05, 0.1) is 32.1 Å². The molecule has 0 unspecified atom stereocenters. The van der Waals surface area contributed by atoms with Crippen molar-refractivity contribution in [3.63, 3.8) is 0 Å². The van der Waals surface area contributed by atoms with Gasteiger partial charge in [0, 0.05) is 38.5 Å². The Morgan fingerprint density at radius 3 is 2.87 bits per heavy atom. The number of carbonyl (C=O) groups is 1. The summed E-state index contributed by atoms with van der Waals surface area (Å²) in [4.78, 5) is 23.3. The van der Waals surface area contributed by atoms with Crippen LogP contribution in [0.4, 0.5) is 0 Å². The molecule has 0 spiro atoms. The summed E-state index contributed by atoms with van der Waals surface area (Å²) in [7, 11) is 1.51. The molecule has 0 saturated carbocycles. The van der Waals surface area contributed by atoms with Crippen molar-refractivity contribution in [3.05, 3.63) is 53.1 Å². The molecule has 1 aromatic heterocycles. The van der Waals surface area contributed by atoms with E-state index in [2.05, 4.69) is 38.4 Å². The minimum atomic E-state index is -0.668. The van der Waals surface area contributed by atoms with E-state index in [-0.39, 0.29) is 18.1 Å². The Labute approximate surface area is 176 Å². The number of amides is 1. The highest BCUT2D eigenvalue weighted by molar-refractivity contribution is 5.95. The monoisotopic (exact) mass is 412 g/mol. The van der Waals surface area contributed by atoms with E-state index in [9.17, 15) is 9.90 Å². The van der Waals surface area contributed by atoms with Crippen LogP contribution < -0.4 is 10.1 Å². The maximum absolute atomic E-state index is 12.7. The van der Waals surface area contributed by atoms with Gasteiger partial charge in [-0.3, -0.25) is 9.69 Å². The Morgan fingerprint density at radius 1 is 1.33 bits per heavy atom. The van der Waals surface area contributed by atoms with Gasteiger partial charge in [-0.25, -0.2) is 9.97 Å². The van der Waals surface area contributed by atoms with E-state index in [1.54, 1.807) is 0 Å². The zero-order chi connectivity index (χ0) is 20.9. The van der Waals surface area contributed by atoms with E-state index < -0.39 is 6.10 Å². The molecule has 2 aliphatic heterocycles. The molecule has 30 heavy (non-hydrogen) atoms. The highest BCUT2D eigenvalue weighted by atomic mass is 16.5. The minimum absolute atomic E-state index is 0.149. The number of benzene rings is 1. The average molecular weight is 412 g/mol. The fraction of sp³-hybridized carbons (Fsp3) is 0.500. The van der Waals surface area contributed by atoms with Crippen LogP contribution in [-0.2, 0) is 24.1 Å². The number of aromatic nitrogens is 2. The molecule has 1 atom stereocenters. The van der Waals surface area contributed by atoms with E-state index in [0.29, 0.717) is 43.5 Å². The Kier molecular flexibility index (Phi) is 6.56. The summed E-state index contributed by atoms with van der Waals surface area (Å²) in [6.07, 6.45) is 2.37. The third-order valence-corrected chi connectivity index (χ3v) is 5.66. The summed E-state index contributed by atoms with van der Waals surface area (Å²) in [5.41, 5.74) is 3.58. The summed E-state index contributed by atoms with van der Waals surface area (Å²) in [6.45, 7) is 3.76. The van der Waals surface area contributed by atoms with Crippen molar-refractivity contribution in [1.29, 1.82) is 0 Å². The van der Waals surface area contributed by atoms with Crippen LogP contribution in [-0.4, -0.2) is 71.9 Å². The molecule has 4 rings (SSSR count). The second-order valence-electron chi connectivity index (χ2n) is 7.93. The minimum Gasteiger partial charge on any atom is -0.492 e. The third-order valence-electron chi connectivity index (χ3n) is 5.66. The lowest BCUT2D eigenvalue weighted by Crippen LogP contribution is -2.42. The predicted octanol–water partition coefficient (Wildman–Crippen LogP) is 0.823. The van der Waals surface area contributed by atoms with Crippen molar-refractivity contribution in [2.45, 2.75) is 25.5 Å². The van der Waals surface area contributed by atoms with Crippen molar-refractivity contribution in [1.82, 2.24) is 20.2 Å². The fourth-order valence-corrected chi connectivity index (χ4v) is 3.97. The van der Waals surface area contributed by atoms with Crippen LogP contribution in [0.3, 0.4) is 0 Å². The lowest BCUT2D eigenvalue weighted by atomic mass is 10.00. The number of fused-ring (bicyclic) bond motifs is 1. The smallest absolute Gasteiger partial charge is 0.273 e. The molecule has 1 aromatic carbocycles. The van der Waals surface area contributed by atoms with Gasteiger partial charge in [0.2, 0.25) is 0 Å². The first-order valence-electron chi connectivity index (χ1n) is 10.3. The summed E-state index contributed by atoms with van der Waals surface area (Å²) in [6, 6.07) is 8.39. The van der Waals surface area contributed by atoms with Crippen molar-refractivity contribution in [2.75, 3.05) is 40.0 Å². The van der Waals surface area contributed by atoms with Crippen molar-refractivity contribution in [3.8, 4) is 5.75 Å². The Morgan fingerprint density at radius 2 is 2.13 bits per heavy atom. The van der Waals surface area contributed by atoms with E-state index in [4.69, 9.17) is 9.47 Å². The van der Waals surface area contributed by atoms with Gasteiger partial charge in [-0.05, 0) is 17.5 Å². The largest absolute Gasteiger partial charge is 0.492 e. The van der Waals surface area contributed by atoms with Gasteiger partial charge >= 0.3 is 0 Å². The Bertz CT molecular complexity index is 887. The zero-order valence-electron chi connectivity index (χ0n) is 17.2. The lowest BCUT2D eigenvalue weighted by Gasteiger charge is -2.30. The van der Waals surface area contributed by atoms with Crippen LogP contribution in [0.5, 0.6) is 5.75 Å². The predicted molar refractivity (Wildman–Crippen MR) is 110 cm³/mol. The first-order chi connectivity index (χ1) is 14.6. The number of aliphatic hydroxyl groups is 1. The maximum atomic E-state index is 12.7. The number of nitrogens with zero attached hydrogens (tertiary/aromatic N) is 3. The van der Waals surface area contributed by atoms with Crippen molar-refractivity contribution < 1.29 is 19.4 Å². The van der Waals surface area contributed by atoms with Gasteiger partial charge in [0.15, 0.2) is 11.4 Å². The van der Waals surface area contributed by atoms with E-state index in [1.165, 1.54) is 24.6 Å². The lowest BCUT2D eigenvalue weighted by molar-refractivity contribution is -0.0318. The summed E-state index contributed by atoms with van der Waals surface area (Å²) in [5, 5.41) is 13.2. The molecule has 3 heterocycles. The number of ether oxygens (including phenoxy) is 2. The summed E-state index contributed by atoms with van der Waals surface area (Å²) >= 11 is 0. The zero-order valence-corrected chi connectivity index (χ0v) is 17.2. The van der Waals surface area contributed by atoms with Gasteiger partial charge in [-0.2, -0.15) is 0 Å². The van der Waals surface area contributed by atoms with Crippen LogP contribution in [0.25, 0.3) is 0 Å². The number of methoxy groups -OCH3 is 1. The molecule has 1 amide bonds. The fourth-order valence-electron chi connectivity index (χ4n) is 3.97. The van der Waals surface area contributed by atoms with Crippen molar-refractivity contribution >= 4 is 5.91 Å².